The Morgan fingerprint density at radius 1 is 1.25 bits per heavy atom. The summed E-state index contributed by atoms with van der Waals surface area (Å²) in [6.45, 7) is 6.82. The van der Waals surface area contributed by atoms with E-state index in [2.05, 4.69) is 44.0 Å². The van der Waals surface area contributed by atoms with Crippen molar-refractivity contribution in [2.24, 2.45) is 5.41 Å². The summed E-state index contributed by atoms with van der Waals surface area (Å²) in [5.74, 6) is 0.609. The first-order chi connectivity index (χ1) is 11.5. The molecule has 0 bridgehead atoms. The number of pyridine rings is 1. The van der Waals surface area contributed by atoms with E-state index in [-0.39, 0.29) is 11.2 Å². The first-order valence-electron chi connectivity index (χ1n) is 8.79. The quantitative estimate of drug-likeness (QED) is 0.713. The molecule has 0 aliphatic heterocycles. The minimum Gasteiger partial charge on any atom is -0.481 e. The van der Waals surface area contributed by atoms with Gasteiger partial charge in [-0.3, -0.25) is 0 Å². The summed E-state index contributed by atoms with van der Waals surface area (Å²) in [5.41, 5.74) is 4.38. The lowest BCUT2D eigenvalue weighted by Gasteiger charge is -2.30. The molecule has 1 aliphatic carbocycles. The molecular weight excluding hydrogens is 301 g/mol. The third-order valence-corrected chi connectivity index (χ3v) is 5.49. The van der Waals surface area contributed by atoms with E-state index in [9.17, 15) is 4.39 Å². The average Bonchev–Trinajstić information content (AvgIpc) is 2.94. The summed E-state index contributed by atoms with van der Waals surface area (Å²) in [4.78, 5) is 3.98. The van der Waals surface area contributed by atoms with Gasteiger partial charge in [0.05, 0.1) is 13.3 Å². The van der Waals surface area contributed by atoms with Crippen LogP contribution in [0.15, 0.2) is 30.5 Å². The standard InChI is InChI=1S/C21H26FNO/c1-5-14-8-9-15(17-12-20(24-4)23-13-19(17)22)16(11-14)18-7-6-10-21(18,2)3/h8-9,11-13,18H,5-7,10H2,1-4H3/t18-/m0/s1. The molecule has 0 amide bonds. The largest absolute Gasteiger partial charge is 0.481 e. The highest BCUT2D eigenvalue weighted by molar-refractivity contribution is 5.70. The molecule has 24 heavy (non-hydrogen) atoms. The van der Waals surface area contributed by atoms with Gasteiger partial charge < -0.3 is 4.74 Å². The van der Waals surface area contributed by atoms with Crippen molar-refractivity contribution in [3.8, 4) is 17.0 Å². The van der Waals surface area contributed by atoms with Crippen LogP contribution in [-0.4, -0.2) is 12.1 Å². The van der Waals surface area contributed by atoms with Gasteiger partial charge in [-0.05, 0) is 47.3 Å². The maximum atomic E-state index is 14.5. The van der Waals surface area contributed by atoms with Gasteiger partial charge in [-0.1, -0.05) is 45.4 Å². The van der Waals surface area contributed by atoms with Gasteiger partial charge in [0.1, 0.15) is 5.82 Å². The van der Waals surface area contributed by atoms with Crippen LogP contribution >= 0.6 is 0 Å². The molecule has 0 spiro atoms. The van der Waals surface area contributed by atoms with Crippen LogP contribution in [0.2, 0.25) is 0 Å². The second-order valence-electron chi connectivity index (χ2n) is 7.42. The molecule has 1 atom stereocenters. The van der Waals surface area contributed by atoms with Gasteiger partial charge in [0.2, 0.25) is 5.88 Å². The molecule has 0 saturated heterocycles. The van der Waals surface area contributed by atoms with E-state index < -0.39 is 0 Å². The predicted molar refractivity (Wildman–Crippen MR) is 95.9 cm³/mol. The number of rotatable bonds is 4. The summed E-state index contributed by atoms with van der Waals surface area (Å²) < 4.78 is 19.7. The van der Waals surface area contributed by atoms with Gasteiger partial charge >= 0.3 is 0 Å². The molecule has 1 saturated carbocycles. The maximum absolute atomic E-state index is 14.5. The smallest absolute Gasteiger partial charge is 0.213 e. The summed E-state index contributed by atoms with van der Waals surface area (Å²) in [6.07, 6.45) is 5.86. The number of methoxy groups -OCH3 is 1. The van der Waals surface area contributed by atoms with Crippen molar-refractivity contribution in [3.05, 3.63) is 47.4 Å². The molecule has 1 heterocycles. The Labute approximate surface area is 144 Å². The van der Waals surface area contributed by atoms with Crippen LogP contribution in [-0.2, 0) is 6.42 Å². The van der Waals surface area contributed by atoms with Gasteiger partial charge in [-0.2, -0.15) is 0 Å². The minimum absolute atomic E-state index is 0.245. The van der Waals surface area contributed by atoms with Crippen molar-refractivity contribution >= 4 is 0 Å². The number of benzene rings is 1. The molecule has 3 rings (SSSR count). The minimum atomic E-state index is -0.294. The Morgan fingerprint density at radius 3 is 2.67 bits per heavy atom. The number of hydrogen-bond donors (Lipinski definition) is 0. The second-order valence-corrected chi connectivity index (χ2v) is 7.42. The molecule has 1 fully saturated rings. The average molecular weight is 327 g/mol. The molecule has 0 unspecified atom stereocenters. The Hall–Kier alpha value is -1.90. The highest BCUT2D eigenvalue weighted by Gasteiger charge is 2.37. The maximum Gasteiger partial charge on any atom is 0.213 e. The highest BCUT2D eigenvalue weighted by atomic mass is 19.1. The second kappa shape index (κ2) is 6.54. The molecule has 1 aromatic carbocycles. The Morgan fingerprint density at radius 2 is 2.04 bits per heavy atom. The fourth-order valence-electron chi connectivity index (χ4n) is 4.01. The van der Waals surface area contributed by atoms with Crippen LogP contribution in [0.3, 0.4) is 0 Å². The van der Waals surface area contributed by atoms with Gasteiger partial charge in [0.15, 0.2) is 0 Å². The zero-order valence-corrected chi connectivity index (χ0v) is 15.0. The van der Waals surface area contributed by atoms with Crippen LogP contribution in [0.1, 0.15) is 57.1 Å². The summed E-state index contributed by atoms with van der Waals surface area (Å²) in [5, 5.41) is 0. The molecule has 0 N–H and O–H groups in total. The van der Waals surface area contributed by atoms with Crippen molar-refractivity contribution in [2.75, 3.05) is 7.11 Å². The molecular formula is C21H26FNO. The molecule has 2 aromatic rings. The number of nitrogens with zero attached hydrogens (tertiary/aromatic N) is 1. The number of ether oxygens (including phenoxy) is 1. The van der Waals surface area contributed by atoms with E-state index in [1.807, 2.05) is 0 Å². The third-order valence-electron chi connectivity index (χ3n) is 5.49. The van der Waals surface area contributed by atoms with Crippen molar-refractivity contribution in [3.63, 3.8) is 0 Å². The zero-order chi connectivity index (χ0) is 17.3. The first-order valence-corrected chi connectivity index (χ1v) is 8.79. The van der Waals surface area contributed by atoms with Crippen molar-refractivity contribution in [2.45, 2.75) is 52.4 Å². The predicted octanol–water partition coefficient (Wildman–Crippen LogP) is 5.75. The van der Waals surface area contributed by atoms with Crippen LogP contribution in [0.4, 0.5) is 4.39 Å². The SMILES string of the molecule is CCc1ccc(-c2cc(OC)ncc2F)c([C@@H]2CCCC2(C)C)c1. The number of aryl methyl sites for hydroxylation is 1. The molecule has 1 aliphatic rings. The van der Waals surface area contributed by atoms with E-state index in [0.717, 1.165) is 18.4 Å². The molecule has 128 valence electrons. The third kappa shape index (κ3) is 3.04. The van der Waals surface area contributed by atoms with Gasteiger partial charge in [-0.25, -0.2) is 9.37 Å². The number of halogens is 1. The van der Waals surface area contributed by atoms with Crippen LogP contribution in [0, 0.1) is 11.2 Å². The van der Waals surface area contributed by atoms with Gasteiger partial charge in [0.25, 0.3) is 0 Å². The monoisotopic (exact) mass is 327 g/mol. The molecule has 0 radical (unpaired) electrons. The van der Waals surface area contributed by atoms with E-state index in [1.54, 1.807) is 13.2 Å². The van der Waals surface area contributed by atoms with Crippen molar-refractivity contribution < 1.29 is 9.13 Å². The Bertz CT molecular complexity index is 739. The lowest BCUT2D eigenvalue weighted by atomic mass is 9.75. The lowest BCUT2D eigenvalue weighted by Crippen LogP contribution is -2.16. The normalized spacial score (nSPS) is 19.5. The van der Waals surface area contributed by atoms with Crippen molar-refractivity contribution in [1.82, 2.24) is 4.98 Å². The van der Waals surface area contributed by atoms with E-state index in [0.29, 0.717) is 17.4 Å². The Kier molecular flexibility index (Phi) is 4.62. The Balaban J connectivity index is 2.18. The van der Waals surface area contributed by atoms with Crippen LogP contribution < -0.4 is 4.74 Å². The van der Waals surface area contributed by atoms with Gasteiger partial charge in [0, 0.05) is 11.6 Å². The molecule has 3 heteroatoms. The van der Waals surface area contributed by atoms with Crippen LogP contribution in [0.5, 0.6) is 5.88 Å². The molecule has 2 nitrogen and oxygen atoms in total. The highest BCUT2D eigenvalue weighted by Crippen LogP contribution is 2.51. The zero-order valence-electron chi connectivity index (χ0n) is 15.0. The lowest BCUT2D eigenvalue weighted by molar-refractivity contribution is 0.332. The number of hydrogen-bond acceptors (Lipinski definition) is 2. The van der Waals surface area contributed by atoms with E-state index in [1.165, 1.54) is 30.2 Å². The van der Waals surface area contributed by atoms with Gasteiger partial charge in [-0.15, -0.1) is 0 Å². The fraction of sp³-hybridized carbons (Fsp3) is 0.476. The van der Waals surface area contributed by atoms with E-state index in [4.69, 9.17) is 4.74 Å². The fourth-order valence-corrected chi connectivity index (χ4v) is 4.01. The van der Waals surface area contributed by atoms with E-state index >= 15 is 0 Å². The van der Waals surface area contributed by atoms with Crippen LogP contribution in [0.25, 0.3) is 11.1 Å². The first kappa shape index (κ1) is 16.9. The van der Waals surface area contributed by atoms with Crippen molar-refractivity contribution in [1.29, 1.82) is 0 Å². The molecule has 1 aromatic heterocycles. The summed E-state index contributed by atoms with van der Waals surface area (Å²) in [6, 6.07) is 8.16. The number of aromatic nitrogens is 1. The summed E-state index contributed by atoms with van der Waals surface area (Å²) >= 11 is 0. The topological polar surface area (TPSA) is 22.1 Å². The summed E-state index contributed by atoms with van der Waals surface area (Å²) in [7, 11) is 1.56.